The number of halogens is 8. The van der Waals surface area contributed by atoms with Crippen molar-refractivity contribution in [3.05, 3.63) is 285 Å². The van der Waals surface area contributed by atoms with Gasteiger partial charge in [0.25, 0.3) is 0 Å². The standard InChI is InChI=1S/C26H21F3N6O.C25H23ClN6O.C24H22Cl2N6O2S.C21H21Cl2N7O/c1-2-35-15-22(20-10-12-30-24-21(20)11-13-31-24)23(34-35)16-4-3-5-19(14-16)33-25(36)32-18-8-6-17(7-9-18)26(27,28)29;1-27-25-28-12-11-20(30-25)23-22(31-24(32-23)16-7-8-16)17-3-2-4-19(14-17)29-21(33)13-15-5-9-18(26)10-6-15;1-27-24-28-10-9-20(29-24)22-21(30-23(31-22)15-6-7-15)16-3-2-4-17(12-16)32-35(33,34)13-14-5-8-18(25)19(26)11-14;22-13-3-4-15(23)14(11-13)17-18(29-19(28-17)12-1-2-12)16-5-6-24-20(27-16)25-7-9-30-10-8-26-21(30)31/h3-15H,2H2,1H3,(H,30,31)(H2,32,33,36);2-6,9-12,14,16H,7-8,13H2,1H3,(H,29,33)(H,31,32)(H,27,28,30);2-5,8-12,15,32H,6-7,13H2,1H3,(H,30,31)(H,27,28,29);3-6,11-12H,1-2,7-10H2,(H,26,31)(H,28,29)(H,24,25,27). The number of rotatable bonds is 27. The Morgan fingerprint density at radius 1 is 0.511 bits per heavy atom. The number of aryl methyl sites for hydroxylation is 1. The lowest BCUT2D eigenvalue weighted by atomic mass is 10.00. The molecule has 1 aliphatic heterocycles. The SMILES string of the molecule is CCn1cc(-c2ccnc3[nH]ccc23)c(-c2cccc(NC(=O)Nc3ccc(C(F)(F)F)cc3)c2)n1.CNc1nccc(-c2[nH]c(C3CC3)nc2-c2cccc(NC(=O)Cc3ccc(Cl)cc3)c2)n1.CNc1nccc(-c2[nH]c(C3CC3)nc2-c2cccc(NS(=O)(=O)Cc3ccc(Cl)c(Cl)c3)c2)n1.O=C1NCCN1CCNc1nccc(-c2[nH]c(C3CC3)nc2-c2cc(Cl)ccc2Cl)n1. The van der Waals surface area contributed by atoms with Gasteiger partial charge in [0.1, 0.15) is 28.8 Å². The fourth-order valence-corrected chi connectivity index (χ4v) is 17.0. The van der Waals surface area contributed by atoms with Gasteiger partial charge in [-0.2, -0.15) is 18.3 Å². The van der Waals surface area contributed by atoms with Crippen LogP contribution in [0.15, 0.2) is 225 Å². The smallest absolute Gasteiger partial charge is 0.357 e. The predicted octanol–water partition coefficient (Wildman–Crippen LogP) is 21.9. The molecule has 1 saturated heterocycles. The zero-order valence-electron chi connectivity index (χ0n) is 72.6. The Kier molecular flexibility index (Phi) is 28.1. The summed E-state index contributed by atoms with van der Waals surface area (Å²) in [7, 11) is -0.144. The summed E-state index contributed by atoms with van der Waals surface area (Å²) in [5.74, 6) is 5.34. The third-order valence-electron chi connectivity index (χ3n) is 22.2. The van der Waals surface area contributed by atoms with Crippen LogP contribution < -0.4 is 41.9 Å². The van der Waals surface area contributed by atoms with Crippen molar-refractivity contribution in [3.63, 3.8) is 0 Å². The Balaban J connectivity index is 0.000000125. The van der Waals surface area contributed by atoms with Crippen LogP contribution in [0.3, 0.4) is 0 Å². The molecule has 3 saturated carbocycles. The summed E-state index contributed by atoms with van der Waals surface area (Å²) in [5, 5.41) is 28.4. The molecule has 9 aromatic heterocycles. The number of alkyl halides is 3. The van der Waals surface area contributed by atoms with Crippen LogP contribution in [0.5, 0.6) is 0 Å². The number of anilines is 7. The average Bonchev–Trinajstić information content (AvgIpc) is 1.62. The van der Waals surface area contributed by atoms with E-state index in [1.807, 2.05) is 109 Å². The monoisotopic (exact) mass is 1930 g/mol. The molecule has 4 fully saturated rings. The molecule has 5 amide bonds. The van der Waals surface area contributed by atoms with Gasteiger partial charge in [0.05, 0.1) is 84.1 Å². The lowest BCUT2D eigenvalue weighted by Gasteiger charge is -2.14. The van der Waals surface area contributed by atoms with Gasteiger partial charge in [-0.25, -0.2) is 67.8 Å². The summed E-state index contributed by atoms with van der Waals surface area (Å²) in [6, 6.07) is 52.6. The largest absolute Gasteiger partial charge is 0.416 e. The van der Waals surface area contributed by atoms with E-state index in [9.17, 15) is 36.0 Å². The number of pyridine rings is 1. The zero-order chi connectivity index (χ0) is 94.0. The molecule has 16 aromatic rings. The molecule has 7 aromatic carbocycles. The van der Waals surface area contributed by atoms with Gasteiger partial charge >= 0.3 is 18.2 Å². The summed E-state index contributed by atoms with van der Waals surface area (Å²) >= 11 is 30.6. The van der Waals surface area contributed by atoms with Gasteiger partial charge in [-0.1, -0.05) is 113 Å². The molecule has 4 aliphatic rings. The number of H-pyrrole nitrogens is 4. The second-order valence-corrected chi connectivity index (χ2v) is 35.9. The number of hydrogen-bond donors (Lipinski definition) is 12. The van der Waals surface area contributed by atoms with Crippen LogP contribution in [0.1, 0.15) is 97.4 Å². The fourth-order valence-electron chi connectivity index (χ4n) is 15.0. The van der Waals surface area contributed by atoms with Gasteiger partial charge in [-0.3, -0.25) is 14.2 Å². The van der Waals surface area contributed by atoms with Crippen LogP contribution in [-0.4, -0.2) is 151 Å². The van der Waals surface area contributed by atoms with E-state index in [2.05, 4.69) is 96.8 Å². The lowest BCUT2D eigenvalue weighted by Crippen LogP contribution is -2.32. The van der Waals surface area contributed by atoms with Crippen LogP contribution in [0.25, 0.3) is 101 Å². The number of sulfonamides is 1. The van der Waals surface area contributed by atoms with E-state index in [1.165, 1.54) is 12.1 Å². The molecule has 0 unspecified atom stereocenters. The number of urea groups is 2. The Morgan fingerprint density at radius 3 is 1.61 bits per heavy atom. The highest BCUT2D eigenvalue weighted by Gasteiger charge is 2.34. The normalized spacial score (nSPS) is 13.4. The first kappa shape index (κ1) is 92.6. The Bertz CT molecular complexity index is 7150. The van der Waals surface area contributed by atoms with Crippen LogP contribution in [0.4, 0.5) is 63.4 Å². The third-order valence-corrected chi connectivity index (χ3v) is 25.0. The topological polar surface area (TPSA) is 395 Å². The number of carbonyl (C=O) groups excluding carboxylic acids is 3. The van der Waals surface area contributed by atoms with E-state index in [4.69, 9.17) is 78.1 Å². The third kappa shape index (κ3) is 23.3. The highest BCUT2D eigenvalue weighted by molar-refractivity contribution is 7.91. The van der Waals surface area contributed by atoms with Gasteiger partial charge in [0.2, 0.25) is 33.8 Å². The first-order valence-corrected chi connectivity index (χ1v) is 46.8. The molecular weight excluding hydrogens is 1850 g/mol. The van der Waals surface area contributed by atoms with Crippen LogP contribution in [-0.2, 0) is 39.7 Å². The van der Waals surface area contributed by atoms with Crippen molar-refractivity contribution < 1.29 is 36.0 Å². The van der Waals surface area contributed by atoms with E-state index in [0.717, 1.165) is 158 Å². The molecule has 39 heteroatoms. The number of carbonyl (C=O) groups is 3. The number of imidazole rings is 3. The predicted molar refractivity (Wildman–Crippen MR) is 523 cm³/mol. The molecule has 688 valence electrons. The minimum Gasteiger partial charge on any atom is -0.357 e. The quantitative estimate of drug-likeness (QED) is 0.0227. The minimum absolute atomic E-state index is 0.0374. The van der Waals surface area contributed by atoms with Gasteiger partial charge in [0.15, 0.2) is 0 Å². The molecule has 0 bridgehead atoms. The number of fused-ring (bicyclic) bond motifs is 1. The van der Waals surface area contributed by atoms with Crippen molar-refractivity contribution in [1.82, 2.24) is 89.8 Å². The fraction of sp³-hybridized carbons (Fsp3) is 0.208. The molecular formula is C96H87Cl5F3N25O5S. The summed E-state index contributed by atoms with van der Waals surface area (Å²) < 4.78 is 68.5. The number of amides is 5. The first-order valence-electron chi connectivity index (χ1n) is 43.2. The van der Waals surface area contributed by atoms with Gasteiger partial charge in [0, 0.05) is 168 Å². The maximum absolute atomic E-state index is 12.8. The van der Waals surface area contributed by atoms with Crippen LogP contribution in [0, 0.1) is 0 Å². The van der Waals surface area contributed by atoms with Crippen LogP contribution in [0.2, 0.25) is 25.1 Å². The highest BCUT2D eigenvalue weighted by atomic mass is 35.5. The van der Waals surface area contributed by atoms with Gasteiger partial charge < -0.3 is 62.1 Å². The molecule has 0 atom stereocenters. The van der Waals surface area contributed by atoms with E-state index in [1.54, 1.807) is 123 Å². The first-order chi connectivity index (χ1) is 65.3. The maximum Gasteiger partial charge on any atom is 0.416 e. The van der Waals surface area contributed by atoms with Crippen molar-refractivity contribution in [1.29, 1.82) is 0 Å². The van der Waals surface area contributed by atoms with Crippen molar-refractivity contribution in [2.75, 3.05) is 76.9 Å². The number of hydrogen-bond acceptors (Lipinski definition) is 19. The van der Waals surface area contributed by atoms with Crippen molar-refractivity contribution in [3.8, 4) is 90.3 Å². The number of nitrogens with zero attached hydrogens (tertiary/aromatic N) is 13. The molecule has 12 N–H and O–H groups in total. The lowest BCUT2D eigenvalue weighted by molar-refractivity contribution is -0.137. The van der Waals surface area contributed by atoms with Crippen molar-refractivity contribution in [2.45, 2.75) is 88.1 Å². The van der Waals surface area contributed by atoms with Crippen molar-refractivity contribution in [2.24, 2.45) is 0 Å². The maximum atomic E-state index is 12.8. The van der Waals surface area contributed by atoms with Crippen molar-refractivity contribution >= 4 is 138 Å². The average molecular weight is 1940 g/mol. The van der Waals surface area contributed by atoms with Gasteiger partial charge in [-0.15, -0.1) is 0 Å². The second-order valence-electron chi connectivity index (χ2n) is 32.1. The molecule has 135 heavy (non-hydrogen) atoms. The summed E-state index contributed by atoms with van der Waals surface area (Å²) in [6.07, 6.45) is 13.2. The Hall–Kier alpha value is -14.3. The van der Waals surface area contributed by atoms with Crippen LogP contribution >= 0.6 is 58.0 Å². The number of aromatic nitrogens is 16. The molecule has 20 rings (SSSR count). The highest BCUT2D eigenvalue weighted by Crippen LogP contribution is 2.47. The zero-order valence-corrected chi connectivity index (χ0v) is 77.2. The molecule has 30 nitrogen and oxygen atoms in total. The van der Waals surface area contributed by atoms with E-state index in [0.29, 0.717) is 133 Å². The minimum atomic E-state index is -4.44. The molecule has 0 radical (unpaired) electrons. The molecule has 3 aliphatic carbocycles. The molecule has 0 spiro atoms. The Morgan fingerprint density at radius 2 is 1.04 bits per heavy atom. The number of benzene rings is 7. The van der Waals surface area contributed by atoms with E-state index < -0.39 is 27.8 Å². The van der Waals surface area contributed by atoms with E-state index in [-0.39, 0.29) is 29.8 Å². The summed E-state index contributed by atoms with van der Waals surface area (Å²) in [4.78, 5) is 97.5. The molecule has 10 heterocycles. The second kappa shape index (κ2) is 41.1. The summed E-state index contributed by atoms with van der Waals surface area (Å²) in [6.45, 7) is 5.22. The number of aromatic amines is 4. The van der Waals surface area contributed by atoms with Gasteiger partial charge in [-0.05, 0) is 196 Å². The number of nitrogens with one attached hydrogen (secondary N) is 12. The van der Waals surface area contributed by atoms with E-state index >= 15 is 0 Å². The summed E-state index contributed by atoms with van der Waals surface area (Å²) in [5.41, 5.74) is 16.0. The Labute approximate surface area is 797 Å².